The summed E-state index contributed by atoms with van der Waals surface area (Å²) < 4.78 is 1.02. The zero-order chi connectivity index (χ0) is 13.8. The largest absolute Gasteiger partial charge is 0.351 e. The van der Waals surface area contributed by atoms with Crippen molar-refractivity contribution in [3.05, 3.63) is 33.3 Å². The van der Waals surface area contributed by atoms with E-state index in [0.29, 0.717) is 0 Å². The van der Waals surface area contributed by atoms with E-state index in [4.69, 9.17) is 0 Å². The normalized spacial score (nSPS) is 15.7. The molecule has 1 N–H and O–H groups in total. The second kappa shape index (κ2) is 6.53. The summed E-state index contributed by atoms with van der Waals surface area (Å²) in [5, 5.41) is 3.03. The summed E-state index contributed by atoms with van der Waals surface area (Å²) in [6.07, 6.45) is 2.58. The van der Waals surface area contributed by atoms with Crippen LogP contribution >= 0.6 is 15.9 Å². The van der Waals surface area contributed by atoms with Gasteiger partial charge in [0.2, 0.25) is 0 Å². The van der Waals surface area contributed by atoms with Gasteiger partial charge in [-0.05, 0) is 63.0 Å². The maximum atomic E-state index is 12.2. The maximum absolute atomic E-state index is 12.2. The molecular formula is C15H21BrN2O. The molecule has 0 saturated carbocycles. The third-order valence-corrected chi connectivity index (χ3v) is 4.09. The van der Waals surface area contributed by atoms with Crippen LogP contribution in [0.5, 0.6) is 0 Å². The number of rotatable bonds is 4. The van der Waals surface area contributed by atoms with Crippen LogP contribution in [0, 0.1) is 13.8 Å². The van der Waals surface area contributed by atoms with E-state index in [0.717, 1.165) is 34.3 Å². The van der Waals surface area contributed by atoms with Gasteiger partial charge < -0.3 is 10.2 Å². The molecule has 19 heavy (non-hydrogen) atoms. The van der Waals surface area contributed by atoms with E-state index in [2.05, 4.69) is 26.1 Å². The van der Waals surface area contributed by atoms with E-state index in [9.17, 15) is 4.79 Å². The van der Waals surface area contributed by atoms with E-state index < -0.39 is 0 Å². The summed E-state index contributed by atoms with van der Waals surface area (Å²) in [4.78, 5) is 14.6. The van der Waals surface area contributed by atoms with Crippen LogP contribution in [0.25, 0.3) is 0 Å². The van der Waals surface area contributed by atoms with Crippen LogP contribution in [0.2, 0.25) is 0 Å². The molecule has 0 aliphatic carbocycles. The third kappa shape index (κ3) is 3.80. The molecule has 1 saturated heterocycles. The fourth-order valence-electron chi connectivity index (χ4n) is 2.69. The Morgan fingerprint density at radius 3 is 2.42 bits per heavy atom. The first-order chi connectivity index (χ1) is 9.08. The second-order valence-corrected chi connectivity index (χ2v) is 6.13. The number of carbonyl (C=O) groups is 1. The first-order valence-electron chi connectivity index (χ1n) is 6.85. The first-order valence-corrected chi connectivity index (χ1v) is 7.64. The van der Waals surface area contributed by atoms with Crippen LogP contribution in [0.4, 0.5) is 0 Å². The highest BCUT2D eigenvalue weighted by atomic mass is 79.9. The third-order valence-electron chi connectivity index (χ3n) is 3.64. The van der Waals surface area contributed by atoms with E-state index in [1.54, 1.807) is 0 Å². The molecule has 0 atom stereocenters. The molecule has 0 spiro atoms. The average molecular weight is 325 g/mol. The highest BCUT2D eigenvalue weighted by molar-refractivity contribution is 9.10. The summed E-state index contributed by atoms with van der Waals surface area (Å²) in [5.41, 5.74) is 2.85. The molecule has 0 radical (unpaired) electrons. The molecule has 1 aromatic carbocycles. The van der Waals surface area contributed by atoms with Crippen molar-refractivity contribution in [2.45, 2.75) is 26.7 Å². The van der Waals surface area contributed by atoms with E-state index in [1.807, 2.05) is 26.0 Å². The second-order valence-electron chi connectivity index (χ2n) is 5.22. The Morgan fingerprint density at radius 2 is 1.84 bits per heavy atom. The van der Waals surface area contributed by atoms with Crippen LogP contribution in [0.15, 0.2) is 16.6 Å². The zero-order valence-corrected chi connectivity index (χ0v) is 13.2. The Bertz CT molecular complexity index is 444. The Balaban J connectivity index is 1.92. The fraction of sp³-hybridized carbons (Fsp3) is 0.533. The molecule has 1 aromatic rings. The number of benzene rings is 1. The van der Waals surface area contributed by atoms with Crippen molar-refractivity contribution in [3.63, 3.8) is 0 Å². The quantitative estimate of drug-likeness (QED) is 0.923. The molecule has 1 aliphatic heterocycles. The van der Waals surface area contributed by atoms with Crippen molar-refractivity contribution in [3.8, 4) is 0 Å². The molecule has 3 nitrogen and oxygen atoms in total. The number of carbonyl (C=O) groups excluding carboxylic acids is 1. The summed E-state index contributed by atoms with van der Waals surface area (Å²) >= 11 is 3.46. The van der Waals surface area contributed by atoms with Crippen molar-refractivity contribution >= 4 is 21.8 Å². The predicted molar refractivity (Wildman–Crippen MR) is 81.6 cm³/mol. The zero-order valence-electron chi connectivity index (χ0n) is 11.6. The van der Waals surface area contributed by atoms with Crippen molar-refractivity contribution in [1.82, 2.24) is 10.2 Å². The molecule has 1 heterocycles. The minimum Gasteiger partial charge on any atom is -0.351 e. The van der Waals surface area contributed by atoms with Crippen molar-refractivity contribution in [2.75, 3.05) is 26.2 Å². The number of nitrogens with one attached hydrogen (secondary N) is 1. The number of likely N-dealkylation sites (tertiary alicyclic amines) is 1. The summed E-state index contributed by atoms with van der Waals surface area (Å²) in [6.45, 7) is 7.99. The highest BCUT2D eigenvalue weighted by Crippen LogP contribution is 2.20. The molecule has 2 rings (SSSR count). The fourth-order valence-corrected chi connectivity index (χ4v) is 3.38. The van der Waals surface area contributed by atoms with E-state index in [-0.39, 0.29) is 5.91 Å². The molecule has 1 aliphatic rings. The number of hydrogen-bond donors (Lipinski definition) is 1. The van der Waals surface area contributed by atoms with Crippen LogP contribution in [-0.4, -0.2) is 37.0 Å². The Hall–Kier alpha value is -0.870. The molecule has 0 aromatic heterocycles. The lowest BCUT2D eigenvalue weighted by molar-refractivity contribution is 0.0948. The predicted octanol–water partition coefficient (Wildman–Crippen LogP) is 2.89. The number of halogens is 1. The van der Waals surface area contributed by atoms with Crippen LogP contribution in [-0.2, 0) is 0 Å². The van der Waals surface area contributed by atoms with E-state index >= 15 is 0 Å². The lowest BCUT2D eigenvalue weighted by Gasteiger charge is -2.16. The van der Waals surface area contributed by atoms with Gasteiger partial charge in [0.15, 0.2) is 0 Å². The maximum Gasteiger partial charge on any atom is 0.251 e. The van der Waals surface area contributed by atoms with Crippen LogP contribution < -0.4 is 5.32 Å². The number of amides is 1. The minimum absolute atomic E-state index is 0.0432. The summed E-state index contributed by atoms with van der Waals surface area (Å²) in [7, 11) is 0. The van der Waals surface area contributed by atoms with Gasteiger partial charge in [0, 0.05) is 23.1 Å². The summed E-state index contributed by atoms with van der Waals surface area (Å²) in [5.74, 6) is 0.0432. The van der Waals surface area contributed by atoms with Crippen LogP contribution in [0.1, 0.15) is 34.3 Å². The Kier molecular flexibility index (Phi) is 4.99. The smallest absolute Gasteiger partial charge is 0.251 e. The molecule has 4 heteroatoms. The van der Waals surface area contributed by atoms with Gasteiger partial charge in [-0.25, -0.2) is 0 Å². The minimum atomic E-state index is 0.0432. The van der Waals surface area contributed by atoms with Gasteiger partial charge >= 0.3 is 0 Å². The van der Waals surface area contributed by atoms with E-state index in [1.165, 1.54) is 25.9 Å². The lowest BCUT2D eigenvalue weighted by atomic mass is 10.0. The SMILES string of the molecule is Cc1cc(Br)cc(C)c1C(=O)NCCN1CCCC1. The number of nitrogens with zero attached hydrogens (tertiary/aromatic N) is 1. The molecule has 1 amide bonds. The van der Waals surface area contributed by atoms with Crippen molar-refractivity contribution < 1.29 is 4.79 Å². The van der Waals surface area contributed by atoms with Crippen molar-refractivity contribution in [1.29, 1.82) is 0 Å². The van der Waals surface area contributed by atoms with Gasteiger partial charge in [-0.15, -0.1) is 0 Å². The van der Waals surface area contributed by atoms with Crippen molar-refractivity contribution in [2.24, 2.45) is 0 Å². The van der Waals surface area contributed by atoms with Gasteiger partial charge in [-0.1, -0.05) is 15.9 Å². The Morgan fingerprint density at radius 1 is 1.26 bits per heavy atom. The molecule has 104 valence electrons. The highest BCUT2D eigenvalue weighted by Gasteiger charge is 2.14. The first kappa shape index (κ1) is 14.5. The molecule has 0 bridgehead atoms. The number of aryl methyl sites for hydroxylation is 2. The van der Waals surface area contributed by atoms with Gasteiger partial charge in [0.25, 0.3) is 5.91 Å². The molecule has 1 fully saturated rings. The monoisotopic (exact) mass is 324 g/mol. The summed E-state index contributed by atoms with van der Waals surface area (Å²) in [6, 6.07) is 3.98. The van der Waals surface area contributed by atoms with Gasteiger partial charge in [0.1, 0.15) is 0 Å². The topological polar surface area (TPSA) is 32.3 Å². The molecule has 0 unspecified atom stereocenters. The van der Waals surface area contributed by atoms with Gasteiger partial charge in [-0.2, -0.15) is 0 Å². The van der Waals surface area contributed by atoms with Gasteiger partial charge in [0.05, 0.1) is 0 Å². The van der Waals surface area contributed by atoms with Crippen LogP contribution in [0.3, 0.4) is 0 Å². The van der Waals surface area contributed by atoms with Gasteiger partial charge in [-0.3, -0.25) is 4.79 Å². The molecular weight excluding hydrogens is 304 g/mol. The standard InChI is InChI=1S/C15H21BrN2O/c1-11-9-13(16)10-12(2)14(11)15(19)17-5-8-18-6-3-4-7-18/h9-10H,3-8H2,1-2H3,(H,17,19). The average Bonchev–Trinajstić information content (AvgIpc) is 2.80. The Labute approximate surface area is 123 Å². The number of hydrogen-bond acceptors (Lipinski definition) is 2. The lowest BCUT2D eigenvalue weighted by Crippen LogP contribution is -2.34.